The van der Waals surface area contributed by atoms with E-state index in [1.54, 1.807) is 14.2 Å². The number of piperidine rings is 1. The van der Waals surface area contributed by atoms with Gasteiger partial charge in [0.1, 0.15) is 5.75 Å². The van der Waals surface area contributed by atoms with Gasteiger partial charge >= 0.3 is 0 Å². The summed E-state index contributed by atoms with van der Waals surface area (Å²) < 4.78 is 10.4. The molecule has 4 nitrogen and oxygen atoms in total. The molecule has 88 valence electrons. The van der Waals surface area contributed by atoms with Gasteiger partial charge in [0.25, 0.3) is 0 Å². The maximum Gasteiger partial charge on any atom is 0.216 e. The largest absolute Gasteiger partial charge is 0.496 e. The average Bonchev–Trinajstić information content (AvgIpc) is 2.39. The van der Waals surface area contributed by atoms with Crippen molar-refractivity contribution in [3.63, 3.8) is 0 Å². The Morgan fingerprint density at radius 3 is 2.56 bits per heavy atom. The Morgan fingerprint density at radius 2 is 1.94 bits per heavy atom. The molecule has 1 aromatic rings. The molecule has 0 unspecified atom stereocenters. The Labute approximate surface area is 96.0 Å². The minimum Gasteiger partial charge on any atom is -0.496 e. The number of hydrogen-bond donors (Lipinski definition) is 1. The molecule has 0 aromatic carbocycles. The number of ether oxygens (including phenoxy) is 2. The predicted molar refractivity (Wildman–Crippen MR) is 62.2 cm³/mol. The highest BCUT2D eigenvalue weighted by Crippen LogP contribution is 2.28. The smallest absolute Gasteiger partial charge is 0.216 e. The van der Waals surface area contributed by atoms with Gasteiger partial charge in [0.15, 0.2) is 0 Å². The minimum atomic E-state index is 0.519. The van der Waals surface area contributed by atoms with Crippen molar-refractivity contribution in [3.05, 3.63) is 17.8 Å². The summed E-state index contributed by atoms with van der Waals surface area (Å²) >= 11 is 0. The van der Waals surface area contributed by atoms with Crippen LogP contribution < -0.4 is 14.8 Å². The summed E-state index contributed by atoms with van der Waals surface area (Å²) in [7, 11) is 3.30. The molecule has 0 aliphatic carbocycles. The van der Waals surface area contributed by atoms with Gasteiger partial charge in [-0.15, -0.1) is 0 Å². The summed E-state index contributed by atoms with van der Waals surface area (Å²) in [6.45, 7) is 2.12. The van der Waals surface area contributed by atoms with Crippen molar-refractivity contribution in [2.24, 2.45) is 0 Å². The molecular weight excluding hydrogens is 204 g/mol. The highest BCUT2D eigenvalue weighted by molar-refractivity contribution is 5.32. The maximum absolute atomic E-state index is 5.25. The minimum absolute atomic E-state index is 0.519. The normalized spacial score (nSPS) is 17.1. The topological polar surface area (TPSA) is 43.4 Å². The van der Waals surface area contributed by atoms with Gasteiger partial charge in [-0.05, 0) is 25.9 Å². The van der Waals surface area contributed by atoms with E-state index in [-0.39, 0.29) is 0 Å². The molecule has 0 amide bonds. The van der Waals surface area contributed by atoms with Crippen molar-refractivity contribution in [2.45, 2.75) is 18.8 Å². The third kappa shape index (κ3) is 2.44. The molecule has 2 rings (SSSR count). The second-order valence-corrected chi connectivity index (χ2v) is 4.00. The summed E-state index contributed by atoms with van der Waals surface area (Å²) in [5.74, 6) is 1.97. The summed E-state index contributed by atoms with van der Waals surface area (Å²) in [6.07, 6.45) is 2.26. The van der Waals surface area contributed by atoms with Crippen LogP contribution in [0.4, 0.5) is 0 Å². The number of pyridine rings is 1. The van der Waals surface area contributed by atoms with Crippen molar-refractivity contribution in [1.29, 1.82) is 0 Å². The van der Waals surface area contributed by atoms with Gasteiger partial charge in [0.2, 0.25) is 5.88 Å². The Kier molecular flexibility index (Phi) is 3.62. The standard InChI is InChI=1S/C12H18N2O2/c1-15-10-7-11(14-12(8-10)16-2)9-3-5-13-6-4-9/h7-9,13H,3-6H2,1-2H3. The average molecular weight is 222 g/mol. The molecule has 0 radical (unpaired) electrons. The molecule has 1 N–H and O–H groups in total. The number of hydrogen-bond acceptors (Lipinski definition) is 4. The molecule has 0 atom stereocenters. The van der Waals surface area contributed by atoms with Gasteiger partial charge in [0, 0.05) is 18.1 Å². The van der Waals surface area contributed by atoms with E-state index in [4.69, 9.17) is 9.47 Å². The third-order valence-corrected chi connectivity index (χ3v) is 3.00. The van der Waals surface area contributed by atoms with Crippen molar-refractivity contribution >= 4 is 0 Å². The second kappa shape index (κ2) is 5.16. The monoisotopic (exact) mass is 222 g/mol. The van der Waals surface area contributed by atoms with Crippen molar-refractivity contribution < 1.29 is 9.47 Å². The molecule has 1 aliphatic heterocycles. The quantitative estimate of drug-likeness (QED) is 0.843. The van der Waals surface area contributed by atoms with E-state index >= 15 is 0 Å². The van der Waals surface area contributed by atoms with E-state index in [1.807, 2.05) is 12.1 Å². The lowest BCUT2D eigenvalue weighted by Crippen LogP contribution is -2.27. The van der Waals surface area contributed by atoms with Crippen LogP contribution >= 0.6 is 0 Å². The van der Waals surface area contributed by atoms with Gasteiger partial charge in [-0.25, -0.2) is 4.98 Å². The lowest BCUT2D eigenvalue weighted by atomic mass is 9.94. The Hall–Kier alpha value is -1.29. The molecule has 0 bridgehead atoms. The van der Waals surface area contributed by atoms with Gasteiger partial charge in [-0.2, -0.15) is 0 Å². The highest BCUT2D eigenvalue weighted by Gasteiger charge is 2.18. The maximum atomic E-state index is 5.25. The van der Waals surface area contributed by atoms with Gasteiger partial charge in [0.05, 0.1) is 19.9 Å². The van der Waals surface area contributed by atoms with Crippen LogP contribution in [0, 0.1) is 0 Å². The van der Waals surface area contributed by atoms with Crippen LogP contribution in [0.1, 0.15) is 24.5 Å². The molecule has 0 spiro atoms. The SMILES string of the molecule is COc1cc(OC)nc(C2CCNCC2)c1. The first-order chi connectivity index (χ1) is 7.83. The number of rotatable bonds is 3. The van der Waals surface area contributed by atoms with Crippen LogP contribution in [0.5, 0.6) is 11.6 Å². The molecule has 4 heteroatoms. The van der Waals surface area contributed by atoms with Crippen molar-refractivity contribution in [3.8, 4) is 11.6 Å². The fourth-order valence-electron chi connectivity index (χ4n) is 2.05. The van der Waals surface area contributed by atoms with Gasteiger partial charge in [-0.3, -0.25) is 0 Å². The summed E-state index contributed by atoms with van der Waals surface area (Å²) in [5.41, 5.74) is 1.08. The van der Waals surface area contributed by atoms with Crippen LogP contribution in [-0.2, 0) is 0 Å². The number of aromatic nitrogens is 1. The van der Waals surface area contributed by atoms with Crippen molar-refractivity contribution in [1.82, 2.24) is 10.3 Å². The van der Waals surface area contributed by atoms with Crippen LogP contribution in [0.3, 0.4) is 0 Å². The Bertz CT molecular complexity index is 327. The number of nitrogens with one attached hydrogen (secondary N) is 1. The lowest BCUT2D eigenvalue weighted by molar-refractivity contribution is 0.374. The number of methoxy groups -OCH3 is 2. The molecule has 16 heavy (non-hydrogen) atoms. The molecular formula is C12H18N2O2. The van der Waals surface area contributed by atoms with Crippen LogP contribution in [0.2, 0.25) is 0 Å². The van der Waals surface area contributed by atoms with E-state index in [9.17, 15) is 0 Å². The molecule has 1 aromatic heterocycles. The van der Waals surface area contributed by atoms with E-state index < -0.39 is 0 Å². The molecule has 2 heterocycles. The molecule has 1 aliphatic rings. The van der Waals surface area contributed by atoms with E-state index in [0.717, 1.165) is 37.4 Å². The van der Waals surface area contributed by atoms with Crippen molar-refractivity contribution in [2.75, 3.05) is 27.3 Å². The highest BCUT2D eigenvalue weighted by atomic mass is 16.5. The van der Waals surface area contributed by atoms with E-state index in [1.165, 1.54) is 0 Å². The second-order valence-electron chi connectivity index (χ2n) is 4.00. The molecule has 0 saturated carbocycles. The lowest BCUT2D eigenvalue weighted by Gasteiger charge is -2.22. The summed E-state index contributed by atoms with van der Waals surface area (Å²) in [4.78, 5) is 4.49. The van der Waals surface area contributed by atoms with Gasteiger partial charge in [-0.1, -0.05) is 0 Å². The fraction of sp³-hybridized carbons (Fsp3) is 0.583. The predicted octanol–water partition coefficient (Wildman–Crippen LogP) is 1.57. The number of nitrogens with zero attached hydrogens (tertiary/aromatic N) is 1. The first-order valence-corrected chi connectivity index (χ1v) is 5.64. The first-order valence-electron chi connectivity index (χ1n) is 5.64. The van der Waals surface area contributed by atoms with E-state index in [2.05, 4.69) is 10.3 Å². The zero-order valence-corrected chi connectivity index (χ0v) is 9.82. The fourth-order valence-corrected chi connectivity index (χ4v) is 2.05. The summed E-state index contributed by atoms with van der Waals surface area (Å²) in [5, 5.41) is 3.35. The molecule has 1 saturated heterocycles. The zero-order chi connectivity index (χ0) is 11.4. The third-order valence-electron chi connectivity index (χ3n) is 3.00. The van der Waals surface area contributed by atoms with Gasteiger partial charge < -0.3 is 14.8 Å². The Balaban J connectivity index is 2.24. The first kappa shape index (κ1) is 11.2. The van der Waals surface area contributed by atoms with E-state index in [0.29, 0.717) is 11.8 Å². The van der Waals surface area contributed by atoms with Crippen LogP contribution in [0.25, 0.3) is 0 Å². The molecule has 1 fully saturated rings. The van der Waals surface area contributed by atoms with Crippen LogP contribution in [0.15, 0.2) is 12.1 Å². The van der Waals surface area contributed by atoms with Crippen LogP contribution in [-0.4, -0.2) is 32.3 Å². The zero-order valence-electron chi connectivity index (χ0n) is 9.82. The summed E-state index contributed by atoms with van der Waals surface area (Å²) in [6, 6.07) is 3.82. The Morgan fingerprint density at radius 1 is 1.19 bits per heavy atom.